The number of morpholine rings is 1. The highest BCUT2D eigenvalue weighted by Crippen LogP contribution is 2.37. The number of hydrogen-bond donors (Lipinski definition) is 0. The first-order valence-electron chi connectivity index (χ1n) is 8.68. The maximum atomic E-state index is 13.1. The topological polar surface area (TPSA) is 49.9 Å². The molecule has 2 amide bonds. The van der Waals surface area contributed by atoms with Crippen LogP contribution in [0.15, 0.2) is 23.9 Å². The van der Waals surface area contributed by atoms with Crippen LogP contribution in [-0.4, -0.2) is 53.0 Å². The quantitative estimate of drug-likeness (QED) is 0.732. The van der Waals surface area contributed by atoms with Crippen LogP contribution in [-0.2, 0) is 14.3 Å². The first-order chi connectivity index (χ1) is 12.2. The number of ether oxygens (including phenoxy) is 1. The molecule has 0 spiro atoms. The maximum absolute atomic E-state index is 13.1. The summed E-state index contributed by atoms with van der Waals surface area (Å²) in [6.07, 6.45) is -0.0756. The number of rotatable bonds is 3. The molecular formula is C19H22Cl2N2O3. The molecule has 0 saturated carbocycles. The Kier molecular flexibility index (Phi) is 5.33. The van der Waals surface area contributed by atoms with Gasteiger partial charge >= 0.3 is 0 Å². The van der Waals surface area contributed by atoms with Crippen LogP contribution in [0.5, 0.6) is 0 Å². The molecule has 5 nitrogen and oxygen atoms in total. The first-order valence-corrected chi connectivity index (χ1v) is 9.44. The Balaban J connectivity index is 2.16. The SMILES string of the molecule is CC1CN(C2=C(c3ccc(Cl)cc3Cl)C(=O)N(C(C)C)C2=O)CC(C)O1. The van der Waals surface area contributed by atoms with Gasteiger partial charge < -0.3 is 9.64 Å². The van der Waals surface area contributed by atoms with E-state index in [9.17, 15) is 9.59 Å². The van der Waals surface area contributed by atoms with E-state index in [1.807, 2.05) is 32.6 Å². The highest BCUT2D eigenvalue weighted by Gasteiger charge is 2.44. The number of carbonyl (C=O) groups excluding carboxylic acids is 2. The van der Waals surface area contributed by atoms with Gasteiger partial charge in [-0.3, -0.25) is 14.5 Å². The van der Waals surface area contributed by atoms with Crippen molar-refractivity contribution in [3.63, 3.8) is 0 Å². The molecule has 2 aliphatic heterocycles. The summed E-state index contributed by atoms with van der Waals surface area (Å²) in [6.45, 7) is 8.65. The van der Waals surface area contributed by atoms with Crippen LogP contribution in [0.25, 0.3) is 5.57 Å². The van der Waals surface area contributed by atoms with Gasteiger partial charge in [-0.05, 0) is 39.8 Å². The van der Waals surface area contributed by atoms with E-state index in [0.717, 1.165) is 0 Å². The van der Waals surface area contributed by atoms with Gasteiger partial charge in [0.25, 0.3) is 11.8 Å². The Morgan fingerprint density at radius 1 is 1.08 bits per heavy atom. The van der Waals surface area contributed by atoms with E-state index in [0.29, 0.717) is 40.0 Å². The molecule has 0 radical (unpaired) electrons. The van der Waals surface area contributed by atoms with Crippen molar-refractivity contribution in [2.24, 2.45) is 0 Å². The first kappa shape index (κ1) is 19.2. The number of nitrogens with zero attached hydrogens (tertiary/aromatic N) is 2. The van der Waals surface area contributed by atoms with E-state index >= 15 is 0 Å². The van der Waals surface area contributed by atoms with Crippen molar-refractivity contribution >= 4 is 40.6 Å². The lowest BCUT2D eigenvalue weighted by atomic mass is 10.0. The lowest BCUT2D eigenvalue weighted by molar-refractivity contribution is -0.140. The van der Waals surface area contributed by atoms with E-state index in [1.54, 1.807) is 18.2 Å². The number of carbonyl (C=O) groups is 2. The minimum absolute atomic E-state index is 0.0378. The van der Waals surface area contributed by atoms with Gasteiger partial charge in [0, 0.05) is 29.7 Å². The molecule has 1 saturated heterocycles. The fraction of sp³-hybridized carbons (Fsp3) is 0.474. The number of hydrogen-bond acceptors (Lipinski definition) is 4. The second kappa shape index (κ2) is 7.22. The van der Waals surface area contributed by atoms with Gasteiger partial charge in [-0.25, -0.2) is 0 Å². The Morgan fingerprint density at radius 2 is 1.69 bits per heavy atom. The molecule has 0 N–H and O–H groups in total. The van der Waals surface area contributed by atoms with Crippen LogP contribution in [0.3, 0.4) is 0 Å². The number of imide groups is 1. The molecular weight excluding hydrogens is 375 g/mol. The van der Waals surface area contributed by atoms with Crippen molar-refractivity contribution in [2.45, 2.75) is 45.9 Å². The van der Waals surface area contributed by atoms with Crippen molar-refractivity contribution in [1.82, 2.24) is 9.80 Å². The number of benzene rings is 1. The van der Waals surface area contributed by atoms with Crippen molar-refractivity contribution < 1.29 is 14.3 Å². The van der Waals surface area contributed by atoms with Gasteiger partial charge in [0.05, 0.1) is 22.8 Å². The maximum Gasteiger partial charge on any atom is 0.278 e. The van der Waals surface area contributed by atoms with E-state index in [2.05, 4.69) is 0 Å². The molecule has 0 bridgehead atoms. The third-order valence-corrected chi connectivity index (χ3v) is 5.09. The molecule has 2 unspecified atom stereocenters. The average Bonchev–Trinajstić information content (AvgIpc) is 2.77. The minimum Gasteiger partial charge on any atom is -0.372 e. The molecule has 1 aromatic carbocycles. The van der Waals surface area contributed by atoms with Crippen LogP contribution < -0.4 is 0 Å². The summed E-state index contributed by atoms with van der Waals surface area (Å²) in [4.78, 5) is 29.5. The highest BCUT2D eigenvalue weighted by molar-refractivity contribution is 6.41. The Labute approximate surface area is 163 Å². The molecule has 2 aliphatic rings. The number of halogens is 2. The second-order valence-electron chi connectivity index (χ2n) is 7.08. The summed E-state index contributed by atoms with van der Waals surface area (Å²) < 4.78 is 5.78. The smallest absolute Gasteiger partial charge is 0.278 e. The molecule has 0 aliphatic carbocycles. The van der Waals surface area contributed by atoms with Crippen molar-refractivity contribution in [3.05, 3.63) is 39.5 Å². The van der Waals surface area contributed by atoms with Crippen LogP contribution >= 0.6 is 23.2 Å². The standard InChI is InChI=1S/C19H22Cl2N2O3/c1-10(2)23-18(24)16(14-6-5-13(20)7-15(14)21)17(19(23)25)22-8-11(3)26-12(4)9-22/h5-7,10-12H,8-9H2,1-4H3. The molecule has 7 heteroatoms. The zero-order chi connectivity index (χ0) is 19.2. The lowest BCUT2D eigenvalue weighted by Gasteiger charge is -2.37. The van der Waals surface area contributed by atoms with Gasteiger partial charge in [-0.15, -0.1) is 0 Å². The zero-order valence-corrected chi connectivity index (χ0v) is 16.8. The average molecular weight is 397 g/mol. The molecule has 0 aromatic heterocycles. The fourth-order valence-electron chi connectivity index (χ4n) is 3.59. The molecule has 1 fully saturated rings. The van der Waals surface area contributed by atoms with Gasteiger partial charge in [-0.2, -0.15) is 0 Å². The van der Waals surface area contributed by atoms with Gasteiger partial charge in [0.15, 0.2) is 0 Å². The summed E-state index contributed by atoms with van der Waals surface area (Å²) in [7, 11) is 0. The molecule has 3 rings (SSSR count). The van der Waals surface area contributed by atoms with E-state index in [4.69, 9.17) is 27.9 Å². The van der Waals surface area contributed by atoms with Crippen molar-refractivity contribution in [3.8, 4) is 0 Å². The van der Waals surface area contributed by atoms with E-state index < -0.39 is 0 Å². The Hall–Kier alpha value is -1.56. The Morgan fingerprint density at radius 3 is 2.23 bits per heavy atom. The summed E-state index contributed by atoms with van der Waals surface area (Å²) in [5.41, 5.74) is 1.26. The fourth-order valence-corrected chi connectivity index (χ4v) is 4.10. The summed E-state index contributed by atoms with van der Waals surface area (Å²) in [5.74, 6) is -0.608. The summed E-state index contributed by atoms with van der Waals surface area (Å²) >= 11 is 12.4. The monoisotopic (exact) mass is 396 g/mol. The Bertz CT molecular complexity index is 781. The third kappa shape index (κ3) is 3.36. The molecule has 140 valence electrons. The van der Waals surface area contributed by atoms with Crippen LogP contribution in [0.2, 0.25) is 10.0 Å². The van der Waals surface area contributed by atoms with Crippen LogP contribution in [0.1, 0.15) is 33.3 Å². The van der Waals surface area contributed by atoms with Crippen LogP contribution in [0.4, 0.5) is 0 Å². The lowest BCUT2D eigenvalue weighted by Crippen LogP contribution is -2.47. The second-order valence-corrected chi connectivity index (χ2v) is 7.93. The number of amides is 2. The molecule has 2 heterocycles. The molecule has 1 aromatic rings. The third-order valence-electron chi connectivity index (χ3n) is 4.54. The summed E-state index contributed by atoms with van der Waals surface area (Å²) in [6, 6.07) is 4.71. The van der Waals surface area contributed by atoms with Gasteiger partial charge in [0.1, 0.15) is 5.70 Å². The highest BCUT2D eigenvalue weighted by atomic mass is 35.5. The predicted molar refractivity (Wildman–Crippen MR) is 102 cm³/mol. The largest absolute Gasteiger partial charge is 0.372 e. The predicted octanol–water partition coefficient (Wildman–Crippen LogP) is 3.59. The van der Waals surface area contributed by atoms with Gasteiger partial charge in [0.2, 0.25) is 0 Å². The normalized spacial score (nSPS) is 24.3. The van der Waals surface area contributed by atoms with Gasteiger partial charge in [-0.1, -0.05) is 29.3 Å². The zero-order valence-electron chi connectivity index (χ0n) is 15.3. The van der Waals surface area contributed by atoms with Crippen molar-refractivity contribution in [1.29, 1.82) is 0 Å². The van der Waals surface area contributed by atoms with Crippen molar-refractivity contribution in [2.75, 3.05) is 13.1 Å². The van der Waals surface area contributed by atoms with Crippen LogP contribution in [0, 0.1) is 0 Å². The molecule has 2 atom stereocenters. The minimum atomic E-state index is -0.323. The van der Waals surface area contributed by atoms with E-state index in [1.165, 1.54) is 4.90 Å². The molecule has 26 heavy (non-hydrogen) atoms. The van der Waals surface area contributed by atoms with E-state index in [-0.39, 0.29) is 30.1 Å². The summed E-state index contributed by atoms with van der Waals surface area (Å²) in [5, 5.41) is 0.832.